The monoisotopic (exact) mass is 282 g/mol. The molecule has 0 radical (unpaired) electrons. The van der Waals surface area contributed by atoms with Crippen LogP contribution in [0.2, 0.25) is 5.02 Å². The molecule has 1 atom stereocenters. The third-order valence-corrected chi connectivity index (χ3v) is 2.95. The Balaban J connectivity index is 2.25. The Morgan fingerprint density at radius 1 is 1.42 bits per heavy atom. The molecule has 104 valence electrons. The van der Waals surface area contributed by atoms with E-state index >= 15 is 0 Å². The highest BCUT2D eigenvalue weighted by molar-refractivity contribution is 6.30. The van der Waals surface area contributed by atoms with E-state index in [1.165, 1.54) is 0 Å². The van der Waals surface area contributed by atoms with Crippen molar-refractivity contribution in [3.8, 4) is 6.07 Å². The van der Waals surface area contributed by atoms with Crippen molar-refractivity contribution >= 4 is 11.6 Å². The number of aliphatic hydroxyl groups excluding tert-OH is 1. The van der Waals surface area contributed by atoms with Gasteiger partial charge in [-0.2, -0.15) is 5.26 Å². The second kappa shape index (κ2) is 8.89. The van der Waals surface area contributed by atoms with Gasteiger partial charge in [0.1, 0.15) is 0 Å². The molecule has 0 aliphatic rings. The number of nitrogens with zero attached hydrogens (tertiary/aromatic N) is 2. The first-order valence-electron chi connectivity index (χ1n) is 6.25. The SMILES string of the molecule is CCN(CC#N)CC(O)COCc1ccc(Cl)cc1. The number of hydrogen-bond acceptors (Lipinski definition) is 4. The number of nitriles is 1. The molecule has 0 aliphatic carbocycles. The van der Waals surface area contributed by atoms with Gasteiger partial charge in [0.2, 0.25) is 0 Å². The summed E-state index contributed by atoms with van der Waals surface area (Å²) in [7, 11) is 0. The van der Waals surface area contributed by atoms with Gasteiger partial charge in [0, 0.05) is 11.6 Å². The van der Waals surface area contributed by atoms with Gasteiger partial charge in [-0.15, -0.1) is 0 Å². The third-order valence-electron chi connectivity index (χ3n) is 2.70. The van der Waals surface area contributed by atoms with E-state index in [2.05, 4.69) is 6.07 Å². The van der Waals surface area contributed by atoms with Gasteiger partial charge in [-0.3, -0.25) is 4.90 Å². The first kappa shape index (κ1) is 15.9. The first-order chi connectivity index (χ1) is 9.15. The zero-order chi connectivity index (χ0) is 14.1. The van der Waals surface area contributed by atoms with Gasteiger partial charge < -0.3 is 9.84 Å². The molecule has 0 saturated heterocycles. The molecular formula is C14H19ClN2O2. The van der Waals surface area contributed by atoms with Gasteiger partial charge >= 0.3 is 0 Å². The zero-order valence-corrected chi connectivity index (χ0v) is 11.8. The lowest BCUT2D eigenvalue weighted by Crippen LogP contribution is -2.35. The van der Waals surface area contributed by atoms with E-state index in [1.807, 2.05) is 36.1 Å². The average Bonchev–Trinajstić information content (AvgIpc) is 2.40. The molecule has 0 aliphatic heterocycles. The van der Waals surface area contributed by atoms with E-state index in [4.69, 9.17) is 21.6 Å². The summed E-state index contributed by atoms with van der Waals surface area (Å²) >= 11 is 5.79. The van der Waals surface area contributed by atoms with Gasteiger partial charge in [0.25, 0.3) is 0 Å². The molecule has 5 heteroatoms. The number of hydrogen-bond donors (Lipinski definition) is 1. The Morgan fingerprint density at radius 3 is 2.68 bits per heavy atom. The second-order valence-corrected chi connectivity index (χ2v) is 4.72. The Labute approximate surface area is 119 Å². The molecule has 0 fully saturated rings. The number of rotatable bonds is 8. The molecule has 0 bridgehead atoms. The molecule has 1 N–H and O–H groups in total. The van der Waals surface area contributed by atoms with Crippen LogP contribution >= 0.6 is 11.6 Å². The Hall–Kier alpha value is -1.12. The van der Waals surface area contributed by atoms with E-state index in [9.17, 15) is 5.11 Å². The predicted molar refractivity (Wildman–Crippen MR) is 74.8 cm³/mol. The second-order valence-electron chi connectivity index (χ2n) is 4.28. The number of aliphatic hydroxyl groups is 1. The summed E-state index contributed by atoms with van der Waals surface area (Å²) in [6.45, 7) is 4.17. The number of halogens is 1. The van der Waals surface area contributed by atoms with Gasteiger partial charge in [-0.05, 0) is 24.2 Å². The highest BCUT2D eigenvalue weighted by atomic mass is 35.5. The number of ether oxygens (including phenoxy) is 1. The molecule has 0 spiro atoms. The summed E-state index contributed by atoms with van der Waals surface area (Å²) in [5.41, 5.74) is 1.01. The van der Waals surface area contributed by atoms with Gasteiger partial charge in [-0.25, -0.2) is 0 Å². The van der Waals surface area contributed by atoms with Crippen LogP contribution in [-0.4, -0.2) is 42.4 Å². The van der Waals surface area contributed by atoms with Crippen LogP contribution in [0.25, 0.3) is 0 Å². The maximum Gasteiger partial charge on any atom is 0.0900 e. The fourth-order valence-corrected chi connectivity index (χ4v) is 1.78. The maximum atomic E-state index is 9.80. The summed E-state index contributed by atoms with van der Waals surface area (Å²) in [5, 5.41) is 19.1. The summed E-state index contributed by atoms with van der Waals surface area (Å²) in [4.78, 5) is 1.87. The van der Waals surface area contributed by atoms with Crippen molar-refractivity contribution in [3.05, 3.63) is 34.9 Å². The minimum absolute atomic E-state index is 0.255. The van der Waals surface area contributed by atoms with Crippen molar-refractivity contribution in [3.63, 3.8) is 0 Å². The van der Waals surface area contributed by atoms with Crippen molar-refractivity contribution in [1.82, 2.24) is 4.90 Å². The lowest BCUT2D eigenvalue weighted by molar-refractivity contribution is 0.0126. The minimum atomic E-state index is -0.583. The maximum absolute atomic E-state index is 9.80. The zero-order valence-electron chi connectivity index (χ0n) is 11.1. The van der Waals surface area contributed by atoms with Crippen LogP contribution in [0.4, 0.5) is 0 Å². The van der Waals surface area contributed by atoms with Crippen LogP contribution in [-0.2, 0) is 11.3 Å². The first-order valence-corrected chi connectivity index (χ1v) is 6.63. The van der Waals surface area contributed by atoms with Crippen LogP contribution in [0, 0.1) is 11.3 Å². The molecule has 0 aromatic heterocycles. The Kier molecular flexibility index (Phi) is 7.46. The van der Waals surface area contributed by atoms with E-state index in [0.29, 0.717) is 24.7 Å². The average molecular weight is 283 g/mol. The van der Waals surface area contributed by atoms with Crippen molar-refractivity contribution in [2.75, 3.05) is 26.2 Å². The molecule has 0 heterocycles. The predicted octanol–water partition coefficient (Wildman–Crippen LogP) is 2.06. The molecule has 1 aromatic carbocycles. The summed E-state index contributed by atoms with van der Waals surface area (Å²) < 4.78 is 5.44. The quantitative estimate of drug-likeness (QED) is 0.742. The van der Waals surface area contributed by atoms with Crippen LogP contribution in [0.5, 0.6) is 0 Å². The molecule has 4 nitrogen and oxygen atoms in total. The molecule has 1 rings (SSSR count). The van der Waals surface area contributed by atoms with E-state index in [-0.39, 0.29) is 6.61 Å². The van der Waals surface area contributed by atoms with E-state index in [0.717, 1.165) is 12.1 Å². The highest BCUT2D eigenvalue weighted by Crippen LogP contribution is 2.10. The molecule has 19 heavy (non-hydrogen) atoms. The molecule has 1 aromatic rings. The lowest BCUT2D eigenvalue weighted by atomic mass is 10.2. The summed E-state index contributed by atoms with van der Waals surface area (Å²) in [6, 6.07) is 9.47. The van der Waals surface area contributed by atoms with Crippen molar-refractivity contribution in [2.24, 2.45) is 0 Å². The van der Waals surface area contributed by atoms with E-state index in [1.54, 1.807) is 0 Å². The van der Waals surface area contributed by atoms with Gasteiger partial charge in [0.15, 0.2) is 0 Å². The minimum Gasteiger partial charge on any atom is -0.389 e. The number of benzene rings is 1. The van der Waals surface area contributed by atoms with Crippen LogP contribution in [0.15, 0.2) is 24.3 Å². The van der Waals surface area contributed by atoms with Crippen molar-refractivity contribution in [1.29, 1.82) is 5.26 Å². The standard InChI is InChI=1S/C14H19ClN2O2/c1-2-17(8-7-16)9-14(18)11-19-10-12-3-5-13(15)6-4-12/h3-6,14,18H,2,8-11H2,1H3. The van der Waals surface area contributed by atoms with Crippen molar-refractivity contribution < 1.29 is 9.84 Å². The van der Waals surface area contributed by atoms with Gasteiger partial charge in [0.05, 0.1) is 31.9 Å². The number of likely N-dealkylation sites (N-methyl/N-ethyl adjacent to an activating group) is 1. The van der Waals surface area contributed by atoms with Crippen LogP contribution in [0.1, 0.15) is 12.5 Å². The van der Waals surface area contributed by atoms with E-state index < -0.39 is 6.10 Å². The third kappa shape index (κ3) is 6.55. The fraction of sp³-hybridized carbons (Fsp3) is 0.500. The molecular weight excluding hydrogens is 264 g/mol. The Morgan fingerprint density at radius 2 is 2.11 bits per heavy atom. The van der Waals surface area contributed by atoms with Crippen molar-refractivity contribution in [2.45, 2.75) is 19.6 Å². The summed E-state index contributed by atoms with van der Waals surface area (Å²) in [6.07, 6.45) is -0.583. The highest BCUT2D eigenvalue weighted by Gasteiger charge is 2.10. The topological polar surface area (TPSA) is 56.5 Å². The smallest absolute Gasteiger partial charge is 0.0900 e. The molecule has 0 amide bonds. The van der Waals surface area contributed by atoms with Crippen LogP contribution in [0.3, 0.4) is 0 Å². The molecule has 1 unspecified atom stereocenters. The fourth-order valence-electron chi connectivity index (χ4n) is 1.65. The largest absolute Gasteiger partial charge is 0.389 e. The lowest BCUT2D eigenvalue weighted by Gasteiger charge is -2.20. The summed E-state index contributed by atoms with van der Waals surface area (Å²) in [5.74, 6) is 0. The van der Waals surface area contributed by atoms with Gasteiger partial charge in [-0.1, -0.05) is 30.7 Å². The normalized spacial score (nSPS) is 12.4. The Bertz CT molecular complexity index is 403. The molecule has 0 saturated carbocycles. The van der Waals surface area contributed by atoms with Crippen LogP contribution < -0.4 is 0 Å².